The largest absolute Gasteiger partial charge is 0.321 e. The average Bonchev–Trinajstić information content (AvgIpc) is 3.18. The van der Waals surface area contributed by atoms with Gasteiger partial charge in [-0.15, -0.1) is 0 Å². The Hall–Kier alpha value is -2.35. The number of carbonyl (C=O) groups is 1. The fraction of sp³-hybridized carbons (Fsp3) is 0.0625. The van der Waals surface area contributed by atoms with Crippen LogP contribution in [0.5, 0.6) is 0 Å². The minimum Gasteiger partial charge on any atom is -0.321 e. The zero-order valence-electron chi connectivity index (χ0n) is 9.73. The molecular weight excluding hydrogens is 222 g/mol. The summed E-state index contributed by atoms with van der Waals surface area (Å²) >= 11 is 0. The summed E-state index contributed by atoms with van der Waals surface area (Å²) < 4.78 is 0. The van der Waals surface area contributed by atoms with Crippen molar-refractivity contribution in [1.29, 1.82) is 0 Å². The highest BCUT2D eigenvalue weighted by Gasteiger charge is 2.31. The van der Waals surface area contributed by atoms with Crippen molar-refractivity contribution >= 4 is 22.7 Å². The Labute approximate surface area is 105 Å². The zero-order chi connectivity index (χ0) is 12.1. The molecule has 0 atom stereocenters. The van der Waals surface area contributed by atoms with Crippen LogP contribution >= 0.6 is 0 Å². The number of rotatable bonds is 0. The minimum atomic E-state index is -0.0171. The number of anilines is 1. The Kier molecular flexibility index (Phi) is 1.78. The number of hydrogen-bond donors (Lipinski definition) is 1. The van der Waals surface area contributed by atoms with Crippen molar-refractivity contribution < 1.29 is 4.79 Å². The van der Waals surface area contributed by atoms with E-state index in [2.05, 4.69) is 11.4 Å². The third-order valence-electron chi connectivity index (χ3n) is 3.59. The second-order valence-electron chi connectivity index (χ2n) is 4.68. The predicted molar refractivity (Wildman–Crippen MR) is 72.3 cm³/mol. The second kappa shape index (κ2) is 3.33. The summed E-state index contributed by atoms with van der Waals surface area (Å²) in [6, 6.07) is 15.8. The Balaban J connectivity index is 2.01. The van der Waals surface area contributed by atoms with Gasteiger partial charge in [0.15, 0.2) is 0 Å². The number of carbonyl (C=O) groups excluding carboxylic acids is 1. The molecule has 0 fully saturated rings. The molecule has 2 aromatic carbocycles. The summed E-state index contributed by atoms with van der Waals surface area (Å²) in [6.45, 7) is 0. The smallest absolute Gasteiger partial charge is 0.256 e. The van der Waals surface area contributed by atoms with Crippen LogP contribution in [0.3, 0.4) is 0 Å². The van der Waals surface area contributed by atoms with E-state index in [4.69, 9.17) is 0 Å². The standard InChI is InChI=1S/C16H11NO/c18-16-12-7-2-1-5-10(12)13-9-14(13)11-6-3-4-8-15(11)17-16/h1-8H,9H2,(H,17,18). The molecule has 0 saturated carbocycles. The lowest BCUT2D eigenvalue weighted by Gasteiger charge is -2.12. The third-order valence-corrected chi connectivity index (χ3v) is 3.59. The van der Waals surface area contributed by atoms with Crippen molar-refractivity contribution in [3.63, 3.8) is 0 Å². The van der Waals surface area contributed by atoms with Crippen LogP contribution in [0.1, 0.15) is 27.9 Å². The van der Waals surface area contributed by atoms with Gasteiger partial charge in [0.05, 0.1) is 0 Å². The summed E-state index contributed by atoms with van der Waals surface area (Å²) in [7, 11) is 0. The van der Waals surface area contributed by atoms with Gasteiger partial charge in [-0.3, -0.25) is 4.79 Å². The molecule has 1 heterocycles. The summed E-state index contributed by atoms with van der Waals surface area (Å²) in [6.07, 6.45) is 0.989. The van der Waals surface area contributed by atoms with Crippen molar-refractivity contribution in [2.24, 2.45) is 0 Å². The van der Waals surface area contributed by atoms with Crippen LogP contribution in [0.2, 0.25) is 0 Å². The van der Waals surface area contributed by atoms with Crippen molar-refractivity contribution in [1.82, 2.24) is 0 Å². The number of amides is 1. The van der Waals surface area contributed by atoms with Crippen LogP contribution in [-0.2, 0) is 0 Å². The maximum Gasteiger partial charge on any atom is 0.256 e. The quantitative estimate of drug-likeness (QED) is 0.740. The van der Waals surface area contributed by atoms with Gasteiger partial charge in [-0.1, -0.05) is 36.4 Å². The predicted octanol–water partition coefficient (Wildman–Crippen LogP) is 3.57. The van der Waals surface area contributed by atoms with E-state index >= 15 is 0 Å². The Morgan fingerprint density at radius 2 is 1.39 bits per heavy atom. The first-order valence-corrected chi connectivity index (χ1v) is 6.07. The van der Waals surface area contributed by atoms with Crippen LogP contribution in [0.25, 0.3) is 11.1 Å². The second-order valence-corrected chi connectivity index (χ2v) is 4.68. The van der Waals surface area contributed by atoms with Gasteiger partial charge in [-0.2, -0.15) is 0 Å². The molecule has 2 aromatic rings. The van der Waals surface area contributed by atoms with Gasteiger partial charge in [0, 0.05) is 16.8 Å². The topological polar surface area (TPSA) is 29.1 Å². The highest BCUT2D eigenvalue weighted by molar-refractivity contribution is 6.19. The Morgan fingerprint density at radius 3 is 2.22 bits per heavy atom. The SMILES string of the molecule is O=C1Nc2ccccc2C2=C(C2)c2ccccc21. The molecule has 2 aliphatic rings. The number of hydrogen-bond acceptors (Lipinski definition) is 1. The molecule has 0 unspecified atom stereocenters. The number of allylic oxidation sites excluding steroid dienone is 2. The molecule has 86 valence electrons. The van der Waals surface area contributed by atoms with Crippen molar-refractivity contribution in [3.8, 4) is 0 Å². The lowest BCUT2D eigenvalue weighted by molar-refractivity contribution is 0.102. The molecule has 1 N–H and O–H groups in total. The molecule has 1 amide bonds. The van der Waals surface area contributed by atoms with Gasteiger partial charge in [-0.25, -0.2) is 0 Å². The van der Waals surface area contributed by atoms with E-state index in [0.29, 0.717) is 0 Å². The van der Waals surface area contributed by atoms with E-state index in [9.17, 15) is 4.79 Å². The van der Waals surface area contributed by atoms with Gasteiger partial charge in [0.2, 0.25) is 0 Å². The van der Waals surface area contributed by atoms with Crippen LogP contribution in [0.15, 0.2) is 48.5 Å². The molecule has 0 radical (unpaired) electrons. The third kappa shape index (κ3) is 1.26. The van der Waals surface area contributed by atoms with Crippen LogP contribution < -0.4 is 5.32 Å². The van der Waals surface area contributed by atoms with Gasteiger partial charge < -0.3 is 5.32 Å². The fourth-order valence-electron chi connectivity index (χ4n) is 2.64. The van der Waals surface area contributed by atoms with Crippen molar-refractivity contribution in [2.75, 3.05) is 5.32 Å². The number of fused-ring (bicyclic) bond motifs is 4. The molecule has 1 aliphatic heterocycles. The normalized spacial score (nSPS) is 15.9. The highest BCUT2D eigenvalue weighted by Crippen LogP contribution is 2.50. The van der Waals surface area contributed by atoms with E-state index in [1.165, 1.54) is 11.1 Å². The molecule has 18 heavy (non-hydrogen) atoms. The van der Waals surface area contributed by atoms with E-state index < -0.39 is 0 Å². The van der Waals surface area contributed by atoms with Crippen molar-refractivity contribution in [3.05, 3.63) is 65.2 Å². The summed E-state index contributed by atoms with van der Waals surface area (Å²) in [5.41, 5.74) is 6.61. The summed E-state index contributed by atoms with van der Waals surface area (Å²) in [5.74, 6) is -0.0171. The molecular formula is C16H11NO. The summed E-state index contributed by atoms with van der Waals surface area (Å²) in [5, 5.41) is 3.00. The van der Waals surface area contributed by atoms with E-state index in [1.807, 2.05) is 42.5 Å². The van der Waals surface area contributed by atoms with Crippen LogP contribution in [-0.4, -0.2) is 5.91 Å². The molecule has 0 spiro atoms. The molecule has 0 saturated heterocycles. The highest BCUT2D eigenvalue weighted by atomic mass is 16.1. The lowest BCUT2D eigenvalue weighted by atomic mass is 10.0. The first-order chi connectivity index (χ1) is 8.84. The minimum absolute atomic E-state index is 0.0171. The molecule has 0 bridgehead atoms. The average molecular weight is 233 g/mol. The zero-order valence-corrected chi connectivity index (χ0v) is 9.73. The first-order valence-electron chi connectivity index (χ1n) is 6.07. The molecule has 4 rings (SSSR count). The van der Waals surface area contributed by atoms with Crippen molar-refractivity contribution in [2.45, 2.75) is 6.42 Å². The van der Waals surface area contributed by atoms with Gasteiger partial charge in [0.1, 0.15) is 0 Å². The van der Waals surface area contributed by atoms with E-state index in [-0.39, 0.29) is 5.91 Å². The number of para-hydroxylation sites is 1. The van der Waals surface area contributed by atoms with Gasteiger partial charge in [0.25, 0.3) is 5.91 Å². The first kappa shape index (κ1) is 9.66. The van der Waals surface area contributed by atoms with Crippen LogP contribution in [0.4, 0.5) is 5.69 Å². The lowest BCUT2D eigenvalue weighted by Crippen LogP contribution is -2.14. The summed E-state index contributed by atoms with van der Waals surface area (Å²) in [4.78, 5) is 12.3. The Bertz CT molecular complexity index is 713. The molecule has 1 aliphatic carbocycles. The molecule has 2 nitrogen and oxygen atoms in total. The van der Waals surface area contributed by atoms with E-state index in [0.717, 1.165) is 28.8 Å². The van der Waals surface area contributed by atoms with Gasteiger partial charge in [-0.05, 0) is 35.3 Å². The molecule has 0 aromatic heterocycles. The van der Waals surface area contributed by atoms with E-state index in [1.54, 1.807) is 0 Å². The maximum atomic E-state index is 12.3. The number of nitrogens with one attached hydrogen (secondary N) is 1. The monoisotopic (exact) mass is 233 g/mol. The fourth-order valence-corrected chi connectivity index (χ4v) is 2.64. The number of benzene rings is 2. The van der Waals surface area contributed by atoms with Gasteiger partial charge >= 0.3 is 0 Å². The molecule has 2 heteroatoms. The van der Waals surface area contributed by atoms with Crippen LogP contribution in [0, 0.1) is 0 Å². The Morgan fingerprint density at radius 1 is 0.778 bits per heavy atom. The maximum absolute atomic E-state index is 12.3.